The Morgan fingerprint density at radius 1 is 1.15 bits per heavy atom. The molecule has 12 nitrogen and oxygen atoms in total. The van der Waals surface area contributed by atoms with Gasteiger partial charge in [0.25, 0.3) is 0 Å². The Kier molecular flexibility index (Phi) is 8.92. The normalized spacial score (nSPS) is 23.0. The number of hydrogen-bond donors (Lipinski definition) is 2. The van der Waals surface area contributed by atoms with Crippen molar-refractivity contribution in [3.63, 3.8) is 0 Å². The Balaban J connectivity index is 1.35. The molecule has 3 fully saturated rings. The lowest BCUT2D eigenvalue weighted by Gasteiger charge is -2.53. The van der Waals surface area contributed by atoms with Crippen LogP contribution in [0.15, 0.2) is 49.3 Å². The molecule has 0 unspecified atom stereocenters. The molecule has 47 heavy (non-hydrogen) atoms. The SMILES string of the molecule is C=CC(=O)N1CCC[C@@H]1c1ccc(N2C[C@H](N(C(C)C)S(C)(=O)=O)[C@H]2C)c2cnc(Nc3ccnc(N4CCC(C)(O)CC4)n3)cc12. The van der Waals surface area contributed by atoms with Crippen LogP contribution in [-0.4, -0.2) is 99.7 Å². The van der Waals surface area contributed by atoms with Crippen molar-refractivity contribution in [2.24, 2.45) is 0 Å². The number of carbonyl (C=O) groups is 1. The van der Waals surface area contributed by atoms with Gasteiger partial charge in [-0.15, -0.1) is 0 Å². The molecule has 3 atom stereocenters. The van der Waals surface area contributed by atoms with Crippen LogP contribution in [0.4, 0.5) is 23.3 Å². The van der Waals surface area contributed by atoms with E-state index in [0.717, 1.165) is 34.9 Å². The van der Waals surface area contributed by atoms with E-state index in [0.29, 0.717) is 56.6 Å². The first-order chi connectivity index (χ1) is 22.3. The lowest BCUT2D eigenvalue weighted by atomic mass is 9.92. The molecule has 3 aliphatic heterocycles. The van der Waals surface area contributed by atoms with Crippen LogP contribution in [-0.2, 0) is 14.8 Å². The van der Waals surface area contributed by atoms with Gasteiger partial charge in [-0.05, 0) is 88.6 Å². The van der Waals surface area contributed by atoms with Crippen LogP contribution in [0.2, 0.25) is 0 Å². The number of amides is 1. The summed E-state index contributed by atoms with van der Waals surface area (Å²) in [6, 6.07) is 7.59. The maximum atomic E-state index is 12.8. The molecule has 2 aromatic heterocycles. The average Bonchev–Trinajstić information content (AvgIpc) is 3.51. The third-order valence-electron chi connectivity index (χ3n) is 9.96. The first kappa shape index (κ1) is 33.1. The topological polar surface area (TPSA) is 135 Å². The van der Waals surface area contributed by atoms with Crippen molar-refractivity contribution in [2.75, 3.05) is 47.6 Å². The minimum absolute atomic E-state index is 0.0396. The summed E-state index contributed by atoms with van der Waals surface area (Å²) >= 11 is 0. The van der Waals surface area contributed by atoms with Gasteiger partial charge in [0.2, 0.25) is 21.9 Å². The molecule has 1 amide bonds. The number of carbonyl (C=O) groups excluding carboxylic acids is 1. The van der Waals surface area contributed by atoms with Gasteiger partial charge in [0.15, 0.2) is 0 Å². The molecular weight excluding hydrogens is 616 g/mol. The van der Waals surface area contributed by atoms with E-state index in [-0.39, 0.29) is 30.1 Å². The molecule has 13 heteroatoms. The maximum absolute atomic E-state index is 12.8. The second-order valence-electron chi connectivity index (χ2n) is 13.7. The largest absolute Gasteiger partial charge is 0.390 e. The Hall–Kier alpha value is -3.81. The van der Waals surface area contributed by atoms with Crippen molar-refractivity contribution in [3.8, 4) is 0 Å². The predicted molar refractivity (Wildman–Crippen MR) is 185 cm³/mol. The molecule has 2 N–H and O–H groups in total. The van der Waals surface area contributed by atoms with Crippen LogP contribution in [0.25, 0.3) is 10.8 Å². The summed E-state index contributed by atoms with van der Waals surface area (Å²) in [6.45, 7) is 14.1. The fourth-order valence-electron chi connectivity index (χ4n) is 7.43. The maximum Gasteiger partial charge on any atom is 0.246 e. The number of anilines is 4. The first-order valence-electron chi connectivity index (χ1n) is 16.5. The van der Waals surface area contributed by atoms with E-state index in [1.807, 2.05) is 37.9 Å². The number of hydrogen-bond acceptors (Lipinski definition) is 10. The number of aromatic nitrogens is 3. The molecule has 3 saturated heterocycles. The third kappa shape index (κ3) is 6.53. The van der Waals surface area contributed by atoms with Crippen molar-refractivity contribution in [1.82, 2.24) is 24.2 Å². The Bertz CT molecular complexity index is 1770. The van der Waals surface area contributed by atoms with Crippen molar-refractivity contribution in [3.05, 3.63) is 54.9 Å². The molecule has 0 radical (unpaired) electrons. The summed E-state index contributed by atoms with van der Waals surface area (Å²) in [5, 5.41) is 15.7. The van der Waals surface area contributed by atoms with Crippen molar-refractivity contribution in [1.29, 1.82) is 0 Å². The standard InChI is InChI=1S/C34H46N8O4S/c1-7-32(43)40-16-8-9-27(40)24-10-11-28(41-21-29(23(41)4)42(22(2)3)47(6,45)46)26-20-36-31(19-25(24)26)37-30-12-15-35-33(38-30)39-17-13-34(5,44)14-18-39/h7,10-12,15,19-20,22-23,27,29,44H,1,8-9,13-14,16-18,21H2,2-6H3,(H,35,36,37,38)/t23-,27-,29+/m1/s1. The van der Waals surface area contributed by atoms with Gasteiger partial charge in [0.1, 0.15) is 11.6 Å². The van der Waals surface area contributed by atoms with Crippen LogP contribution >= 0.6 is 0 Å². The highest BCUT2D eigenvalue weighted by molar-refractivity contribution is 7.88. The zero-order chi connectivity index (χ0) is 33.7. The van der Waals surface area contributed by atoms with Crippen LogP contribution in [0.3, 0.4) is 0 Å². The Labute approximate surface area is 277 Å². The van der Waals surface area contributed by atoms with Gasteiger partial charge in [0.05, 0.1) is 23.9 Å². The summed E-state index contributed by atoms with van der Waals surface area (Å²) in [4.78, 5) is 33.1. The predicted octanol–water partition coefficient (Wildman–Crippen LogP) is 4.22. The van der Waals surface area contributed by atoms with Gasteiger partial charge < -0.3 is 25.1 Å². The number of fused-ring (bicyclic) bond motifs is 1. The van der Waals surface area contributed by atoms with Crippen LogP contribution in [0.1, 0.15) is 65.0 Å². The Morgan fingerprint density at radius 3 is 2.55 bits per heavy atom. The summed E-state index contributed by atoms with van der Waals surface area (Å²) in [5.41, 5.74) is 1.35. The highest BCUT2D eigenvalue weighted by Crippen LogP contribution is 2.42. The van der Waals surface area contributed by atoms with Crippen molar-refractivity contribution >= 4 is 50.0 Å². The molecule has 6 rings (SSSR count). The van der Waals surface area contributed by atoms with E-state index < -0.39 is 15.6 Å². The van der Waals surface area contributed by atoms with Crippen molar-refractivity contribution in [2.45, 2.75) is 83.1 Å². The van der Waals surface area contributed by atoms with E-state index in [1.165, 1.54) is 12.3 Å². The number of sulfonamides is 1. The van der Waals surface area contributed by atoms with E-state index in [1.54, 1.807) is 16.6 Å². The average molecular weight is 663 g/mol. The smallest absolute Gasteiger partial charge is 0.246 e. The molecule has 252 valence electrons. The monoisotopic (exact) mass is 662 g/mol. The second-order valence-corrected chi connectivity index (χ2v) is 15.6. The van der Waals surface area contributed by atoms with Crippen LogP contribution < -0.4 is 15.1 Å². The molecule has 5 heterocycles. The van der Waals surface area contributed by atoms with E-state index >= 15 is 0 Å². The summed E-state index contributed by atoms with van der Waals surface area (Å²) < 4.78 is 26.9. The van der Waals surface area contributed by atoms with Gasteiger partial charge in [-0.25, -0.2) is 18.4 Å². The van der Waals surface area contributed by atoms with Gasteiger partial charge in [-0.2, -0.15) is 9.29 Å². The molecule has 1 aromatic carbocycles. The van der Waals surface area contributed by atoms with E-state index in [9.17, 15) is 18.3 Å². The number of aliphatic hydroxyl groups is 1. The fraction of sp³-hybridized carbons (Fsp3) is 0.529. The molecule has 0 aliphatic carbocycles. The summed E-state index contributed by atoms with van der Waals surface area (Å²) in [7, 11) is -3.37. The zero-order valence-corrected chi connectivity index (χ0v) is 28.7. The third-order valence-corrected chi connectivity index (χ3v) is 11.4. The zero-order valence-electron chi connectivity index (χ0n) is 27.9. The lowest BCUT2D eigenvalue weighted by Crippen LogP contribution is -2.68. The number of benzene rings is 1. The summed E-state index contributed by atoms with van der Waals surface area (Å²) in [6.07, 6.45) is 9.28. The molecule has 3 aromatic rings. The first-order valence-corrected chi connectivity index (χ1v) is 18.3. The van der Waals surface area contributed by atoms with Gasteiger partial charge in [-0.1, -0.05) is 12.6 Å². The minimum atomic E-state index is -3.37. The molecule has 3 aliphatic rings. The number of likely N-dealkylation sites (tertiary alicyclic amines) is 1. The lowest BCUT2D eigenvalue weighted by molar-refractivity contribution is -0.126. The number of piperidine rings is 1. The van der Waals surface area contributed by atoms with Gasteiger partial charge >= 0.3 is 0 Å². The molecule has 0 spiro atoms. The number of nitrogens with one attached hydrogen (secondary N) is 1. The van der Waals surface area contributed by atoms with Crippen LogP contribution in [0.5, 0.6) is 0 Å². The number of nitrogens with zero attached hydrogens (tertiary/aromatic N) is 7. The highest BCUT2D eigenvalue weighted by atomic mass is 32.2. The van der Waals surface area contributed by atoms with Gasteiger partial charge in [0, 0.05) is 61.7 Å². The van der Waals surface area contributed by atoms with Crippen molar-refractivity contribution < 1.29 is 18.3 Å². The number of rotatable bonds is 9. The van der Waals surface area contributed by atoms with Gasteiger partial charge in [-0.3, -0.25) is 4.79 Å². The molecular formula is C34H46N8O4S. The van der Waals surface area contributed by atoms with Crippen LogP contribution in [0, 0.1) is 0 Å². The second kappa shape index (κ2) is 12.7. The summed E-state index contributed by atoms with van der Waals surface area (Å²) in [5.74, 6) is 1.73. The van der Waals surface area contributed by atoms with E-state index in [4.69, 9.17) is 9.97 Å². The fourth-order valence-corrected chi connectivity index (χ4v) is 8.93. The molecule has 0 bridgehead atoms. The highest BCUT2D eigenvalue weighted by Gasteiger charge is 2.44. The quantitative estimate of drug-likeness (QED) is 0.321. The number of pyridine rings is 1. The van der Waals surface area contributed by atoms with E-state index in [2.05, 4.69) is 45.7 Å². The Morgan fingerprint density at radius 2 is 1.89 bits per heavy atom. The minimum Gasteiger partial charge on any atom is -0.390 e. The molecule has 0 saturated carbocycles.